The van der Waals surface area contributed by atoms with Crippen molar-refractivity contribution in [2.24, 2.45) is 5.16 Å². The molecule has 152 valence electrons. The maximum absolute atomic E-state index is 12.7. The molecule has 0 atom stereocenters. The second-order valence-electron chi connectivity index (χ2n) is 7.51. The topological polar surface area (TPSA) is 108 Å². The molecular weight excluding hydrogens is 390 g/mol. The summed E-state index contributed by atoms with van der Waals surface area (Å²) in [5, 5.41) is 14.8. The predicted octanol–water partition coefficient (Wildman–Crippen LogP) is 3.37. The van der Waals surface area contributed by atoms with Gasteiger partial charge in [0, 0.05) is 11.3 Å². The molecule has 2 amide bonds. The zero-order chi connectivity index (χ0) is 20.6. The molecule has 3 N–H and O–H groups in total. The quantitative estimate of drug-likeness (QED) is 0.406. The lowest BCUT2D eigenvalue weighted by atomic mass is 9.99. The van der Waals surface area contributed by atoms with Crippen LogP contribution in [0.5, 0.6) is 0 Å². The molecule has 29 heavy (non-hydrogen) atoms. The van der Waals surface area contributed by atoms with Gasteiger partial charge in [0.1, 0.15) is 0 Å². The van der Waals surface area contributed by atoms with Crippen LogP contribution < -0.4 is 10.0 Å². The number of hydrogen-bond acceptors (Lipinski definition) is 5. The molecule has 0 aromatic heterocycles. The number of benzene rings is 2. The molecule has 7 nitrogen and oxygen atoms in total. The van der Waals surface area contributed by atoms with E-state index in [1.165, 1.54) is 29.3 Å². The molecule has 2 aromatic rings. The largest absolute Gasteiger partial charge is 0.411 e. The summed E-state index contributed by atoms with van der Waals surface area (Å²) in [6.07, 6.45) is 5.88. The fourth-order valence-corrected chi connectivity index (χ4v) is 5.19. The second-order valence-corrected chi connectivity index (χ2v) is 9.19. The lowest BCUT2D eigenvalue weighted by molar-refractivity contribution is 0.256. The molecule has 2 aliphatic rings. The van der Waals surface area contributed by atoms with Gasteiger partial charge in [0.25, 0.3) is 10.0 Å². The number of fused-ring (bicyclic) bond motifs is 2. The first-order valence-electron chi connectivity index (χ1n) is 9.68. The highest BCUT2D eigenvalue weighted by atomic mass is 32.2. The summed E-state index contributed by atoms with van der Waals surface area (Å²) in [5.74, 6) is 0. The Labute approximate surface area is 169 Å². The number of hydrogen-bond donors (Lipinski definition) is 3. The van der Waals surface area contributed by atoms with Crippen LogP contribution in [-0.2, 0) is 35.7 Å². The number of urea groups is 1. The number of nitrogens with zero attached hydrogens (tertiary/aromatic N) is 1. The summed E-state index contributed by atoms with van der Waals surface area (Å²) in [6.45, 7) is 1.56. The molecule has 0 saturated heterocycles. The zero-order valence-electron chi connectivity index (χ0n) is 16.2. The smallest absolute Gasteiger partial charge is 0.333 e. The number of anilines is 1. The maximum Gasteiger partial charge on any atom is 0.333 e. The van der Waals surface area contributed by atoms with E-state index in [1.54, 1.807) is 13.0 Å². The van der Waals surface area contributed by atoms with Crippen molar-refractivity contribution in [1.82, 2.24) is 4.72 Å². The molecule has 0 spiro atoms. The van der Waals surface area contributed by atoms with E-state index >= 15 is 0 Å². The predicted molar refractivity (Wildman–Crippen MR) is 110 cm³/mol. The third-order valence-electron chi connectivity index (χ3n) is 5.65. The number of carbonyl (C=O) groups is 1. The molecule has 2 aromatic carbocycles. The highest BCUT2D eigenvalue weighted by Crippen LogP contribution is 2.38. The van der Waals surface area contributed by atoms with E-state index in [9.17, 15) is 13.2 Å². The molecule has 0 bridgehead atoms. The van der Waals surface area contributed by atoms with Crippen molar-refractivity contribution >= 4 is 27.5 Å². The first-order chi connectivity index (χ1) is 13.9. The molecule has 0 aliphatic heterocycles. The van der Waals surface area contributed by atoms with Crippen LogP contribution in [0.4, 0.5) is 10.5 Å². The van der Waals surface area contributed by atoms with Crippen molar-refractivity contribution in [3.05, 3.63) is 58.1 Å². The third kappa shape index (κ3) is 3.72. The first kappa shape index (κ1) is 19.4. The molecular formula is C21H23N3O4S. The van der Waals surface area contributed by atoms with Crippen LogP contribution in [0.25, 0.3) is 0 Å². The van der Waals surface area contributed by atoms with Gasteiger partial charge in [0.2, 0.25) is 0 Å². The molecule has 0 heterocycles. The van der Waals surface area contributed by atoms with E-state index in [4.69, 9.17) is 5.21 Å². The summed E-state index contributed by atoms with van der Waals surface area (Å²) in [5.41, 5.74) is 6.31. The van der Waals surface area contributed by atoms with Gasteiger partial charge < -0.3 is 10.5 Å². The number of nitrogens with one attached hydrogen (secondary N) is 2. The zero-order valence-corrected chi connectivity index (χ0v) is 17.0. The molecule has 4 rings (SSSR count). The van der Waals surface area contributed by atoms with Crippen LogP contribution in [-0.4, -0.2) is 25.4 Å². The first-order valence-corrected chi connectivity index (χ1v) is 11.2. The lowest BCUT2D eigenvalue weighted by Gasteiger charge is -2.16. The standard InChI is InChI=1S/C21H23N3O4S/c1-13(23-26)14-5-2-8-17(12-14)29(27,28)24-21(25)22-20-18-9-3-6-15(18)11-16-7-4-10-19(16)20/h2,5,8,11-12,26H,3-4,6-7,9-10H2,1H3,(H2,22,24,25)/b23-13-. The molecule has 0 unspecified atom stereocenters. The third-order valence-corrected chi connectivity index (χ3v) is 6.98. The van der Waals surface area contributed by atoms with Crippen molar-refractivity contribution in [3.63, 3.8) is 0 Å². The van der Waals surface area contributed by atoms with Gasteiger partial charge in [-0.1, -0.05) is 23.4 Å². The average Bonchev–Trinajstić information content (AvgIpc) is 3.36. The highest BCUT2D eigenvalue weighted by molar-refractivity contribution is 7.90. The van der Waals surface area contributed by atoms with Gasteiger partial charge in [-0.15, -0.1) is 0 Å². The Morgan fingerprint density at radius 1 is 1.03 bits per heavy atom. The Kier molecular flexibility index (Phi) is 5.04. The number of aryl methyl sites for hydroxylation is 2. The SMILES string of the molecule is C/C(=N/O)c1cccc(S(=O)(=O)NC(=O)Nc2c3c(cc4c2CCC4)CCC3)c1. The number of sulfonamides is 1. The Morgan fingerprint density at radius 3 is 2.31 bits per heavy atom. The number of oxime groups is 1. The fourth-order valence-electron chi connectivity index (χ4n) is 4.23. The summed E-state index contributed by atoms with van der Waals surface area (Å²) >= 11 is 0. The minimum atomic E-state index is -4.07. The summed E-state index contributed by atoms with van der Waals surface area (Å²) in [7, 11) is -4.07. The lowest BCUT2D eigenvalue weighted by Crippen LogP contribution is -2.35. The van der Waals surface area contributed by atoms with E-state index in [0.717, 1.165) is 55.3 Å². The van der Waals surface area contributed by atoms with Crippen LogP contribution in [0.1, 0.15) is 47.6 Å². The number of rotatable bonds is 4. The van der Waals surface area contributed by atoms with E-state index in [2.05, 4.69) is 21.3 Å². The van der Waals surface area contributed by atoms with Crippen molar-refractivity contribution in [2.75, 3.05) is 5.32 Å². The highest BCUT2D eigenvalue weighted by Gasteiger charge is 2.26. The molecule has 2 aliphatic carbocycles. The second kappa shape index (κ2) is 7.51. The van der Waals surface area contributed by atoms with Crippen molar-refractivity contribution < 1.29 is 18.4 Å². The van der Waals surface area contributed by atoms with Gasteiger partial charge in [-0.3, -0.25) is 0 Å². The Hall–Kier alpha value is -2.87. The summed E-state index contributed by atoms with van der Waals surface area (Å²) in [4.78, 5) is 12.5. The molecule has 0 saturated carbocycles. The van der Waals surface area contributed by atoms with Crippen molar-refractivity contribution in [2.45, 2.75) is 50.3 Å². The fraction of sp³-hybridized carbons (Fsp3) is 0.333. The monoisotopic (exact) mass is 413 g/mol. The number of carbonyl (C=O) groups excluding carboxylic acids is 1. The Bertz CT molecular complexity index is 1090. The van der Waals surface area contributed by atoms with Crippen LogP contribution >= 0.6 is 0 Å². The van der Waals surface area contributed by atoms with Crippen LogP contribution in [0.15, 0.2) is 40.4 Å². The van der Waals surface area contributed by atoms with Crippen molar-refractivity contribution in [1.29, 1.82) is 0 Å². The van der Waals surface area contributed by atoms with Gasteiger partial charge in [-0.2, -0.15) is 0 Å². The van der Waals surface area contributed by atoms with E-state index in [0.29, 0.717) is 5.56 Å². The van der Waals surface area contributed by atoms with Crippen LogP contribution in [0.2, 0.25) is 0 Å². The summed E-state index contributed by atoms with van der Waals surface area (Å²) in [6, 6.07) is 7.40. The van der Waals surface area contributed by atoms with E-state index in [1.807, 2.05) is 0 Å². The summed E-state index contributed by atoms with van der Waals surface area (Å²) < 4.78 is 27.5. The minimum Gasteiger partial charge on any atom is -0.411 e. The van der Waals surface area contributed by atoms with Gasteiger partial charge in [-0.05, 0) is 79.8 Å². The van der Waals surface area contributed by atoms with E-state index < -0.39 is 16.1 Å². The minimum absolute atomic E-state index is 0.0725. The maximum atomic E-state index is 12.7. The Morgan fingerprint density at radius 2 is 1.69 bits per heavy atom. The van der Waals surface area contributed by atoms with Gasteiger partial charge in [0.15, 0.2) is 0 Å². The van der Waals surface area contributed by atoms with Gasteiger partial charge in [-0.25, -0.2) is 17.9 Å². The normalized spacial score (nSPS) is 15.7. The average molecular weight is 413 g/mol. The molecule has 0 fully saturated rings. The number of amides is 2. The van der Waals surface area contributed by atoms with Crippen LogP contribution in [0, 0.1) is 0 Å². The molecule has 8 heteroatoms. The van der Waals surface area contributed by atoms with Gasteiger partial charge in [0.05, 0.1) is 10.6 Å². The van der Waals surface area contributed by atoms with Crippen LogP contribution in [0.3, 0.4) is 0 Å². The van der Waals surface area contributed by atoms with E-state index in [-0.39, 0.29) is 10.6 Å². The van der Waals surface area contributed by atoms with Crippen molar-refractivity contribution in [3.8, 4) is 0 Å². The Balaban J connectivity index is 1.58. The molecule has 0 radical (unpaired) electrons. The van der Waals surface area contributed by atoms with Gasteiger partial charge >= 0.3 is 6.03 Å².